The standard InChI is InChI=1S/C28H34N2O6/c1-34-23-15-21(22(16-24(23)35-2)29-27(32)20-11-7-4-8-12-20)28(33)36-17-25(31)30-26(19-13-14-19)18-9-5-3-6-10-18/h3,5-6,9-10,15-16,19-20,26H,4,7-8,11-14,17H2,1-2H3,(H,29,32)(H,30,31). The van der Waals surface area contributed by atoms with Gasteiger partial charge in [-0.15, -0.1) is 0 Å². The number of hydrogen-bond donors (Lipinski definition) is 2. The van der Waals surface area contributed by atoms with Crippen LogP contribution in [-0.2, 0) is 14.3 Å². The van der Waals surface area contributed by atoms with Gasteiger partial charge in [0.2, 0.25) is 5.91 Å². The van der Waals surface area contributed by atoms with Crippen molar-refractivity contribution < 1.29 is 28.6 Å². The van der Waals surface area contributed by atoms with Gasteiger partial charge in [-0.05, 0) is 37.2 Å². The van der Waals surface area contributed by atoms with Gasteiger partial charge in [0.15, 0.2) is 18.1 Å². The largest absolute Gasteiger partial charge is 0.493 e. The fraction of sp³-hybridized carbons (Fsp3) is 0.464. The number of ether oxygens (including phenoxy) is 3. The van der Waals surface area contributed by atoms with Gasteiger partial charge in [0, 0.05) is 18.1 Å². The zero-order chi connectivity index (χ0) is 25.5. The molecule has 2 amide bonds. The van der Waals surface area contributed by atoms with Crippen molar-refractivity contribution in [3.63, 3.8) is 0 Å². The molecule has 1 unspecified atom stereocenters. The summed E-state index contributed by atoms with van der Waals surface area (Å²) in [6.45, 7) is -0.431. The fourth-order valence-electron chi connectivity index (χ4n) is 4.74. The van der Waals surface area contributed by atoms with E-state index in [2.05, 4.69) is 10.6 Å². The van der Waals surface area contributed by atoms with E-state index >= 15 is 0 Å². The summed E-state index contributed by atoms with van der Waals surface area (Å²) in [4.78, 5) is 38.6. The van der Waals surface area contributed by atoms with E-state index in [1.165, 1.54) is 20.3 Å². The molecule has 2 saturated carbocycles. The first-order valence-electron chi connectivity index (χ1n) is 12.6. The van der Waals surface area contributed by atoms with E-state index in [1.54, 1.807) is 6.07 Å². The predicted octanol–water partition coefficient (Wildman–Crippen LogP) is 4.65. The summed E-state index contributed by atoms with van der Waals surface area (Å²) < 4.78 is 16.1. The van der Waals surface area contributed by atoms with E-state index in [4.69, 9.17) is 14.2 Å². The van der Waals surface area contributed by atoms with Crippen LogP contribution in [0.2, 0.25) is 0 Å². The van der Waals surface area contributed by atoms with Crippen LogP contribution in [0, 0.1) is 11.8 Å². The minimum atomic E-state index is -0.729. The molecule has 4 rings (SSSR count). The highest BCUT2D eigenvalue weighted by Crippen LogP contribution is 2.41. The Balaban J connectivity index is 1.45. The highest BCUT2D eigenvalue weighted by molar-refractivity contribution is 6.03. The van der Waals surface area contributed by atoms with Gasteiger partial charge >= 0.3 is 5.97 Å². The molecule has 192 valence electrons. The van der Waals surface area contributed by atoms with Gasteiger partial charge in [-0.25, -0.2) is 4.79 Å². The molecule has 2 fully saturated rings. The molecule has 2 aromatic carbocycles. The predicted molar refractivity (Wildman–Crippen MR) is 135 cm³/mol. The van der Waals surface area contributed by atoms with Crippen LogP contribution in [0.3, 0.4) is 0 Å². The number of benzene rings is 2. The third-order valence-electron chi connectivity index (χ3n) is 6.88. The van der Waals surface area contributed by atoms with Crippen molar-refractivity contribution >= 4 is 23.5 Å². The zero-order valence-electron chi connectivity index (χ0n) is 20.9. The maximum Gasteiger partial charge on any atom is 0.340 e. The summed E-state index contributed by atoms with van der Waals surface area (Å²) in [5.74, 6) is -0.254. The lowest BCUT2D eigenvalue weighted by atomic mass is 9.88. The Morgan fingerprint density at radius 1 is 0.917 bits per heavy atom. The highest BCUT2D eigenvalue weighted by atomic mass is 16.5. The molecule has 2 aromatic rings. The van der Waals surface area contributed by atoms with Crippen molar-refractivity contribution in [2.24, 2.45) is 11.8 Å². The number of carbonyl (C=O) groups is 3. The van der Waals surface area contributed by atoms with Gasteiger partial charge in [0.25, 0.3) is 5.91 Å². The minimum Gasteiger partial charge on any atom is -0.493 e. The average molecular weight is 495 g/mol. The highest BCUT2D eigenvalue weighted by Gasteiger charge is 2.33. The number of rotatable bonds is 10. The van der Waals surface area contributed by atoms with Gasteiger partial charge in [-0.1, -0.05) is 49.6 Å². The van der Waals surface area contributed by atoms with Gasteiger partial charge in [0.1, 0.15) is 0 Å². The second kappa shape index (κ2) is 11.9. The van der Waals surface area contributed by atoms with Crippen molar-refractivity contribution in [2.45, 2.75) is 51.0 Å². The topological polar surface area (TPSA) is 103 Å². The normalized spacial score (nSPS) is 16.5. The molecule has 1 atom stereocenters. The molecule has 2 N–H and O–H groups in total. The number of amides is 2. The molecular formula is C28H34N2O6. The third kappa shape index (κ3) is 6.36. The SMILES string of the molecule is COc1cc(NC(=O)C2CCCCC2)c(C(=O)OCC(=O)NC(c2ccccc2)C2CC2)cc1OC. The molecule has 2 aliphatic carbocycles. The van der Waals surface area contributed by atoms with Crippen LogP contribution in [0.4, 0.5) is 5.69 Å². The molecule has 0 radical (unpaired) electrons. The van der Waals surface area contributed by atoms with Crippen LogP contribution >= 0.6 is 0 Å². The molecule has 0 bridgehead atoms. The molecule has 2 aliphatic rings. The fourth-order valence-corrected chi connectivity index (χ4v) is 4.74. The lowest BCUT2D eigenvalue weighted by Gasteiger charge is -2.22. The molecule has 8 heteroatoms. The van der Waals surface area contributed by atoms with E-state index in [9.17, 15) is 14.4 Å². The second-order valence-electron chi connectivity index (χ2n) is 9.45. The van der Waals surface area contributed by atoms with Crippen LogP contribution in [-0.4, -0.2) is 38.6 Å². The molecule has 8 nitrogen and oxygen atoms in total. The number of carbonyl (C=O) groups excluding carboxylic acids is 3. The number of methoxy groups -OCH3 is 2. The Kier molecular flexibility index (Phi) is 8.46. The molecule has 0 aromatic heterocycles. The molecule has 36 heavy (non-hydrogen) atoms. The average Bonchev–Trinajstić information content (AvgIpc) is 3.76. The smallest absolute Gasteiger partial charge is 0.340 e. The van der Waals surface area contributed by atoms with Crippen LogP contribution in [0.25, 0.3) is 0 Å². The van der Waals surface area contributed by atoms with Crippen LogP contribution in [0.5, 0.6) is 11.5 Å². The van der Waals surface area contributed by atoms with Crippen molar-refractivity contribution in [2.75, 3.05) is 26.1 Å². The van der Waals surface area contributed by atoms with E-state index in [0.29, 0.717) is 17.4 Å². The summed E-state index contributed by atoms with van der Waals surface area (Å²) >= 11 is 0. The Hall–Kier alpha value is -3.55. The van der Waals surface area contributed by atoms with Crippen molar-refractivity contribution in [3.8, 4) is 11.5 Å². The molecule has 0 saturated heterocycles. The lowest BCUT2D eigenvalue weighted by Crippen LogP contribution is -2.33. The number of nitrogens with one attached hydrogen (secondary N) is 2. The van der Waals surface area contributed by atoms with E-state index < -0.39 is 12.6 Å². The Morgan fingerprint density at radius 3 is 2.22 bits per heavy atom. The van der Waals surface area contributed by atoms with Crippen molar-refractivity contribution in [1.82, 2.24) is 5.32 Å². The van der Waals surface area contributed by atoms with Gasteiger partial charge in [-0.2, -0.15) is 0 Å². The molecule has 0 aliphatic heterocycles. The van der Waals surface area contributed by atoms with Gasteiger partial charge in [0.05, 0.1) is 31.5 Å². The lowest BCUT2D eigenvalue weighted by molar-refractivity contribution is -0.125. The zero-order valence-corrected chi connectivity index (χ0v) is 20.9. The van der Waals surface area contributed by atoms with Gasteiger partial charge < -0.3 is 24.8 Å². The number of hydrogen-bond acceptors (Lipinski definition) is 6. The quantitative estimate of drug-likeness (QED) is 0.466. The molecule has 0 spiro atoms. The van der Waals surface area contributed by atoms with Crippen LogP contribution < -0.4 is 20.1 Å². The van der Waals surface area contributed by atoms with Gasteiger partial charge in [-0.3, -0.25) is 9.59 Å². The summed E-state index contributed by atoms with van der Waals surface area (Å²) in [6, 6.07) is 12.7. The maximum absolute atomic E-state index is 13.0. The monoisotopic (exact) mass is 494 g/mol. The van der Waals surface area contributed by atoms with Crippen LogP contribution in [0.1, 0.15) is 66.9 Å². The maximum atomic E-state index is 13.0. The van der Waals surface area contributed by atoms with E-state index in [-0.39, 0.29) is 35.0 Å². The Morgan fingerprint density at radius 2 is 1.58 bits per heavy atom. The third-order valence-corrected chi connectivity index (χ3v) is 6.88. The molecule has 0 heterocycles. The van der Waals surface area contributed by atoms with Crippen molar-refractivity contribution in [3.05, 3.63) is 53.6 Å². The molecular weight excluding hydrogens is 460 g/mol. The first-order chi connectivity index (χ1) is 17.5. The Labute approximate surface area is 211 Å². The number of esters is 1. The van der Waals surface area contributed by atoms with Crippen LogP contribution in [0.15, 0.2) is 42.5 Å². The summed E-state index contributed by atoms with van der Waals surface area (Å²) in [7, 11) is 2.94. The summed E-state index contributed by atoms with van der Waals surface area (Å²) in [5, 5.41) is 5.88. The van der Waals surface area contributed by atoms with E-state index in [0.717, 1.165) is 50.5 Å². The Bertz CT molecular complexity index is 1080. The van der Waals surface area contributed by atoms with E-state index in [1.807, 2.05) is 30.3 Å². The minimum absolute atomic E-state index is 0.0983. The second-order valence-corrected chi connectivity index (χ2v) is 9.45. The number of anilines is 1. The summed E-state index contributed by atoms with van der Waals surface area (Å²) in [5.41, 5.74) is 1.41. The first-order valence-corrected chi connectivity index (χ1v) is 12.6. The van der Waals surface area contributed by atoms with Crippen molar-refractivity contribution in [1.29, 1.82) is 0 Å². The summed E-state index contributed by atoms with van der Waals surface area (Å²) in [6.07, 6.45) is 6.90. The first kappa shape index (κ1) is 25.5.